The van der Waals surface area contributed by atoms with Gasteiger partial charge in [-0.05, 0) is 48.7 Å². The molecule has 2 rings (SSSR count). The summed E-state index contributed by atoms with van der Waals surface area (Å²) in [4.78, 5) is 11.9. The van der Waals surface area contributed by atoms with Crippen molar-refractivity contribution in [1.29, 1.82) is 0 Å². The summed E-state index contributed by atoms with van der Waals surface area (Å²) in [6.07, 6.45) is 0.924. The number of anilines is 1. The van der Waals surface area contributed by atoms with Gasteiger partial charge in [0.05, 0.1) is 6.54 Å². The van der Waals surface area contributed by atoms with Crippen LogP contribution < -0.4 is 15.4 Å². The lowest BCUT2D eigenvalue weighted by Gasteiger charge is -2.12. The van der Waals surface area contributed by atoms with Crippen molar-refractivity contribution in [1.82, 2.24) is 5.32 Å². The van der Waals surface area contributed by atoms with Crippen molar-refractivity contribution >= 4 is 27.6 Å². The number of hydrogen-bond acceptors (Lipinski definition) is 2. The molecule has 5 heteroatoms. The van der Waals surface area contributed by atoms with Crippen molar-refractivity contribution in [3.05, 3.63) is 58.1 Å². The fourth-order valence-corrected chi connectivity index (χ4v) is 2.67. The topological polar surface area (TPSA) is 50.4 Å². The van der Waals surface area contributed by atoms with E-state index in [-0.39, 0.29) is 6.03 Å². The van der Waals surface area contributed by atoms with E-state index in [0.29, 0.717) is 13.2 Å². The molecular weight excluding hydrogens is 356 g/mol. The van der Waals surface area contributed by atoms with Crippen LogP contribution in [0.4, 0.5) is 10.5 Å². The fourth-order valence-electron chi connectivity index (χ4n) is 2.20. The van der Waals surface area contributed by atoms with Gasteiger partial charge in [0.2, 0.25) is 0 Å². The number of rotatable bonds is 6. The number of urea groups is 1. The number of amides is 2. The van der Waals surface area contributed by atoms with Crippen LogP contribution in [0, 0.1) is 6.92 Å². The number of ether oxygens (including phenoxy) is 1. The summed E-state index contributed by atoms with van der Waals surface area (Å²) in [6, 6.07) is 13.4. The molecule has 0 spiro atoms. The molecule has 2 amide bonds. The lowest BCUT2D eigenvalue weighted by atomic mass is 10.1. The maximum absolute atomic E-state index is 11.9. The number of benzene rings is 2. The summed E-state index contributed by atoms with van der Waals surface area (Å²) < 4.78 is 6.71. The molecule has 2 N–H and O–H groups in total. The zero-order chi connectivity index (χ0) is 16.7. The third kappa shape index (κ3) is 5.28. The van der Waals surface area contributed by atoms with Crippen LogP contribution in [0.3, 0.4) is 0 Å². The molecule has 2 aromatic rings. The predicted molar refractivity (Wildman–Crippen MR) is 97.2 cm³/mol. The van der Waals surface area contributed by atoms with Gasteiger partial charge in [-0.15, -0.1) is 0 Å². The van der Waals surface area contributed by atoms with Crippen molar-refractivity contribution < 1.29 is 9.53 Å². The molecule has 0 saturated carbocycles. The number of hydrogen-bond donors (Lipinski definition) is 2. The monoisotopic (exact) mass is 376 g/mol. The summed E-state index contributed by atoms with van der Waals surface area (Å²) in [5, 5.41) is 5.63. The highest BCUT2D eigenvalue weighted by atomic mass is 79.9. The van der Waals surface area contributed by atoms with Gasteiger partial charge in [0.15, 0.2) is 0 Å². The second kappa shape index (κ2) is 8.58. The van der Waals surface area contributed by atoms with Gasteiger partial charge in [-0.1, -0.05) is 41.1 Å². The quantitative estimate of drug-likeness (QED) is 0.728. The van der Waals surface area contributed by atoms with E-state index in [1.165, 1.54) is 5.56 Å². The smallest absolute Gasteiger partial charge is 0.319 e. The SMILES string of the molecule is CCc1ccccc1OCCNC(=O)Nc1ccc(Br)cc1C. The molecule has 122 valence electrons. The lowest BCUT2D eigenvalue weighted by Crippen LogP contribution is -2.32. The van der Waals surface area contributed by atoms with Crippen LogP contribution in [0.25, 0.3) is 0 Å². The molecule has 0 saturated heterocycles. The highest BCUT2D eigenvalue weighted by Crippen LogP contribution is 2.20. The molecule has 2 aromatic carbocycles. The first-order chi connectivity index (χ1) is 11.1. The number of carbonyl (C=O) groups is 1. The molecule has 0 heterocycles. The minimum Gasteiger partial charge on any atom is -0.491 e. The van der Waals surface area contributed by atoms with Crippen LogP contribution in [-0.4, -0.2) is 19.2 Å². The Bertz CT molecular complexity index is 674. The molecule has 23 heavy (non-hydrogen) atoms. The Balaban J connectivity index is 1.76. The second-order valence-corrected chi connectivity index (χ2v) is 6.07. The Kier molecular flexibility index (Phi) is 6.47. The molecular formula is C18H21BrN2O2. The highest BCUT2D eigenvalue weighted by Gasteiger charge is 2.05. The minimum absolute atomic E-state index is 0.234. The Morgan fingerprint density at radius 2 is 2.00 bits per heavy atom. The maximum Gasteiger partial charge on any atom is 0.319 e. The van der Waals surface area contributed by atoms with Crippen LogP contribution >= 0.6 is 15.9 Å². The average molecular weight is 377 g/mol. The Morgan fingerprint density at radius 3 is 2.74 bits per heavy atom. The van der Waals surface area contributed by atoms with Gasteiger partial charge in [0.25, 0.3) is 0 Å². The number of para-hydroxylation sites is 1. The van der Waals surface area contributed by atoms with Crippen LogP contribution in [-0.2, 0) is 6.42 Å². The van der Waals surface area contributed by atoms with Crippen LogP contribution in [0.1, 0.15) is 18.1 Å². The van der Waals surface area contributed by atoms with Crippen LogP contribution in [0.5, 0.6) is 5.75 Å². The third-order valence-corrected chi connectivity index (χ3v) is 3.93. The summed E-state index contributed by atoms with van der Waals surface area (Å²) >= 11 is 3.40. The van der Waals surface area contributed by atoms with Crippen molar-refractivity contribution in [2.75, 3.05) is 18.5 Å². The van der Waals surface area contributed by atoms with Gasteiger partial charge in [0.1, 0.15) is 12.4 Å². The first-order valence-corrected chi connectivity index (χ1v) is 8.41. The minimum atomic E-state index is -0.234. The van der Waals surface area contributed by atoms with Crippen molar-refractivity contribution in [2.24, 2.45) is 0 Å². The molecule has 0 fully saturated rings. The molecule has 0 bridgehead atoms. The van der Waals surface area contributed by atoms with Gasteiger partial charge in [-0.2, -0.15) is 0 Å². The van der Waals surface area contributed by atoms with E-state index in [2.05, 4.69) is 33.5 Å². The molecule has 0 radical (unpaired) electrons. The first-order valence-electron chi connectivity index (χ1n) is 7.62. The Hall–Kier alpha value is -2.01. The molecule has 0 atom stereocenters. The summed E-state index contributed by atoms with van der Waals surface area (Å²) in [5.74, 6) is 0.876. The Morgan fingerprint density at radius 1 is 1.22 bits per heavy atom. The molecule has 0 aliphatic carbocycles. The van der Waals surface area contributed by atoms with Gasteiger partial charge < -0.3 is 15.4 Å². The van der Waals surface area contributed by atoms with E-state index in [9.17, 15) is 4.79 Å². The number of nitrogens with one attached hydrogen (secondary N) is 2. The number of aryl methyl sites for hydroxylation is 2. The lowest BCUT2D eigenvalue weighted by molar-refractivity contribution is 0.247. The van der Waals surface area contributed by atoms with E-state index < -0.39 is 0 Å². The molecule has 4 nitrogen and oxygen atoms in total. The second-order valence-electron chi connectivity index (χ2n) is 5.15. The first kappa shape index (κ1) is 17.3. The van der Waals surface area contributed by atoms with E-state index in [0.717, 1.165) is 27.9 Å². The predicted octanol–water partition coefficient (Wildman–Crippen LogP) is 4.52. The maximum atomic E-state index is 11.9. The van der Waals surface area contributed by atoms with Gasteiger partial charge in [0, 0.05) is 10.2 Å². The Labute approximate surface area is 145 Å². The zero-order valence-electron chi connectivity index (χ0n) is 13.4. The standard InChI is InChI=1S/C18H21BrN2O2/c1-3-14-6-4-5-7-17(14)23-11-10-20-18(22)21-16-9-8-15(19)12-13(16)2/h4-9,12H,3,10-11H2,1-2H3,(H2,20,21,22). The van der Waals surface area contributed by atoms with E-state index in [1.54, 1.807) is 0 Å². The molecule has 0 aromatic heterocycles. The average Bonchev–Trinajstić information content (AvgIpc) is 2.54. The van der Waals surface area contributed by atoms with E-state index in [1.807, 2.05) is 49.4 Å². The van der Waals surface area contributed by atoms with Crippen molar-refractivity contribution in [3.8, 4) is 5.75 Å². The van der Waals surface area contributed by atoms with E-state index >= 15 is 0 Å². The van der Waals surface area contributed by atoms with Gasteiger partial charge in [-0.25, -0.2) is 4.79 Å². The summed E-state index contributed by atoms with van der Waals surface area (Å²) in [6.45, 7) is 4.92. The van der Waals surface area contributed by atoms with Crippen molar-refractivity contribution in [2.45, 2.75) is 20.3 Å². The zero-order valence-corrected chi connectivity index (χ0v) is 14.9. The largest absolute Gasteiger partial charge is 0.491 e. The fraction of sp³-hybridized carbons (Fsp3) is 0.278. The molecule has 0 unspecified atom stereocenters. The highest BCUT2D eigenvalue weighted by molar-refractivity contribution is 9.10. The molecule has 0 aliphatic rings. The van der Waals surface area contributed by atoms with Gasteiger partial charge >= 0.3 is 6.03 Å². The van der Waals surface area contributed by atoms with Crippen LogP contribution in [0.2, 0.25) is 0 Å². The van der Waals surface area contributed by atoms with Crippen LogP contribution in [0.15, 0.2) is 46.9 Å². The van der Waals surface area contributed by atoms with E-state index in [4.69, 9.17) is 4.74 Å². The molecule has 0 aliphatic heterocycles. The summed E-state index contributed by atoms with van der Waals surface area (Å²) in [5.41, 5.74) is 2.97. The number of carbonyl (C=O) groups excluding carboxylic acids is 1. The van der Waals surface area contributed by atoms with Crippen molar-refractivity contribution in [3.63, 3.8) is 0 Å². The third-order valence-electron chi connectivity index (χ3n) is 3.44. The van der Waals surface area contributed by atoms with Gasteiger partial charge in [-0.3, -0.25) is 0 Å². The summed E-state index contributed by atoms with van der Waals surface area (Å²) in [7, 11) is 0. The normalized spacial score (nSPS) is 10.2. The number of halogens is 1.